The third kappa shape index (κ3) is 4.46. The van der Waals surface area contributed by atoms with Crippen molar-refractivity contribution in [3.05, 3.63) is 89.5 Å². The number of rotatable bonds is 4. The van der Waals surface area contributed by atoms with Gasteiger partial charge in [-0.1, -0.05) is 48.0 Å². The quantitative estimate of drug-likeness (QED) is 0.452. The van der Waals surface area contributed by atoms with Crippen molar-refractivity contribution in [1.82, 2.24) is 4.98 Å². The first kappa shape index (κ1) is 20.3. The topological polar surface area (TPSA) is 71.1 Å². The van der Waals surface area contributed by atoms with Gasteiger partial charge in [0.15, 0.2) is 0 Å². The third-order valence-corrected chi connectivity index (χ3v) is 5.10. The molecule has 4 rings (SSSR count). The average molecular weight is 409 g/mol. The molecule has 5 heteroatoms. The summed E-state index contributed by atoms with van der Waals surface area (Å²) in [5, 5.41) is 6.55. The number of aromatic nitrogens is 1. The Morgan fingerprint density at radius 2 is 1.58 bits per heavy atom. The predicted octanol–water partition coefficient (Wildman–Crippen LogP) is 5.73. The molecule has 0 fully saturated rings. The molecule has 0 radical (unpaired) electrons. The number of nitrogens with one attached hydrogen (secondary N) is 2. The number of pyridine rings is 1. The van der Waals surface area contributed by atoms with E-state index in [-0.39, 0.29) is 11.8 Å². The first-order valence-electron chi connectivity index (χ1n) is 10.1. The average Bonchev–Trinajstić information content (AvgIpc) is 2.75. The van der Waals surface area contributed by atoms with E-state index < -0.39 is 0 Å². The first-order valence-corrected chi connectivity index (χ1v) is 10.1. The number of anilines is 2. The number of fused-ring (bicyclic) bond motifs is 1. The molecule has 3 aromatic carbocycles. The van der Waals surface area contributed by atoms with Crippen molar-refractivity contribution in [2.45, 2.75) is 20.8 Å². The van der Waals surface area contributed by atoms with Crippen molar-refractivity contribution in [2.75, 3.05) is 10.6 Å². The summed E-state index contributed by atoms with van der Waals surface area (Å²) in [7, 11) is 0. The lowest BCUT2D eigenvalue weighted by Gasteiger charge is -2.12. The van der Waals surface area contributed by atoms with Crippen molar-refractivity contribution < 1.29 is 9.59 Å². The summed E-state index contributed by atoms with van der Waals surface area (Å²) in [4.78, 5) is 29.3. The zero-order valence-corrected chi connectivity index (χ0v) is 17.7. The molecule has 2 N–H and O–H groups in total. The molecule has 0 atom stereocenters. The SMILES string of the molecule is CC(=O)Nc1ccc(NC(=O)c2cc(-c3ccc(C)cc3)nc3ccccc23)cc1C. The van der Waals surface area contributed by atoms with Crippen molar-refractivity contribution in [2.24, 2.45) is 0 Å². The lowest BCUT2D eigenvalue weighted by Crippen LogP contribution is -2.14. The molecule has 0 saturated heterocycles. The Morgan fingerprint density at radius 3 is 2.29 bits per heavy atom. The van der Waals surface area contributed by atoms with Crippen LogP contribution in [0, 0.1) is 13.8 Å². The van der Waals surface area contributed by atoms with Gasteiger partial charge in [0.25, 0.3) is 5.91 Å². The summed E-state index contributed by atoms with van der Waals surface area (Å²) in [5.41, 5.74) is 6.46. The maximum atomic E-state index is 13.2. The van der Waals surface area contributed by atoms with Crippen molar-refractivity contribution in [1.29, 1.82) is 0 Å². The Labute approximate surface area is 181 Å². The largest absolute Gasteiger partial charge is 0.326 e. The van der Waals surface area contributed by atoms with Crippen LogP contribution in [0.1, 0.15) is 28.4 Å². The van der Waals surface area contributed by atoms with Gasteiger partial charge in [0.2, 0.25) is 5.91 Å². The summed E-state index contributed by atoms with van der Waals surface area (Å²) in [6, 6.07) is 23.0. The first-order chi connectivity index (χ1) is 14.9. The van der Waals surface area contributed by atoms with Gasteiger partial charge in [-0.05, 0) is 49.7 Å². The summed E-state index contributed by atoms with van der Waals surface area (Å²) in [6.07, 6.45) is 0. The van der Waals surface area contributed by atoms with Crippen LogP contribution in [0.2, 0.25) is 0 Å². The molecule has 154 valence electrons. The van der Waals surface area contributed by atoms with E-state index in [0.717, 1.165) is 33.4 Å². The molecule has 5 nitrogen and oxygen atoms in total. The van der Waals surface area contributed by atoms with Crippen LogP contribution in [0.15, 0.2) is 72.8 Å². The summed E-state index contributed by atoms with van der Waals surface area (Å²) in [6.45, 7) is 5.39. The second-order valence-corrected chi connectivity index (χ2v) is 7.60. The second kappa shape index (κ2) is 8.40. The molecule has 0 aliphatic carbocycles. The van der Waals surface area contributed by atoms with E-state index in [2.05, 4.69) is 10.6 Å². The molecule has 2 amide bonds. The van der Waals surface area contributed by atoms with Gasteiger partial charge in [-0.3, -0.25) is 9.59 Å². The minimum atomic E-state index is -0.210. The molecule has 4 aromatic rings. The van der Waals surface area contributed by atoms with Crippen LogP contribution in [0.5, 0.6) is 0 Å². The fourth-order valence-corrected chi connectivity index (χ4v) is 3.51. The zero-order valence-electron chi connectivity index (χ0n) is 17.7. The number of benzene rings is 3. The van der Waals surface area contributed by atoms with E-state index >= 15 is 0 Å². The van der Waals surface area contributed by atoms with Crippen molar-refractivity contribution in [3.63, 3.8) is 0 Å². The Hall–Kier alpha value is -3.99. The van der Waals surface area contributed by atoms with Gasteiger partial charge < -0.3 is 10.6 Å². The molecule has 0 saturated carbocycles. The van der Waals surface area contributed by atoms with Crippen LogP contribution in [0.4, 0.5) is 11.4 Å². The molecule has 31 heavy (non-hydrogen) atoms. The van der Waals surface area contributed by atoms with Gasteiger partial charge in [0, 0.05) is 29.2 Å². The molecular formula is C26H23N3O2. The Bertz CT molecular complexity index is 1290. The summed E-state index contributed by atoms with van der Waals surface area (Å²) < 4.78 is 0. The monoisotopic (exact) mass is 409 g/mol. The number of carbonyl (C=O) groups is 2. The fourth-order valence-electron chi connectivity index (χ4n) is 3.51. The van der Waals surface area contributed by atoms with Gasteiger partial charge in [0.1, 0.15) is 0 Å². The number of amides is 2. The van der Waals surface area contributed by atoms with Gasteiger partial charge in [-0.15, -0.1) is 0 Å². The summed E-state index contributed by atoms with van der Waals surface area (Å²) >= 11 is 0. The standard InChI is InChI=1S/C26H23N3O2/c1-16-8-10-19(11-9-16)25-15-22(21-6-4-5-7-24(21)29-25)26(31)28-20-12-13-23(17(2)14-20)27-18(3)30/h4-15H,1-3H3,(H,27,30)(H,28,31). The molecule has 0 aliphatic rings. The Balaban J connectivity index is 1.71. The molecule has 0 unspecified atom stereocenters. The lowest BCUT2D eigenvalue weighted by atomic mass is 10.0. The summed E-state index contributed by atoms with van der Waals surface area (Å²) in [5.74, 6) is -0.342. The smallest absolute Gasteiger partial charge is 0.256 e. The number of hydrogen-bond donors (Lipinski definition) is 2. The van der Waals surface area contributed by atoms with Gasteiger partial charge in [-0.25, -0.2) is 4.98 Å². The lowest BCUT2D eigenvalue weighted by molar-refractivity contribution is -0.114. The number of hydrogen-bond acceptors (Lipinski definition) is 3. The number of carbonyl (C=O) groups excluding carboxylic acids is 2. The maximum absolute atomic E-state index is 13.2. The zero-order chi connectivity index (χ0) is 22.0. The van der Waals surface area contributed by atoms with Crippen LogP contribution in [-0.2, 0) is 4.79 Å². The Kier molecular flexibility index (Phi) is 5.50. The second-order valence-electron chi connectivity index (χ2n) is 7.60. The van der Waals surface area contributed by atoms with Gasteiger partial charge in [0.05, 0.1) is 16.8 Å². The number of nitrogens with zero attached hydrogens (tertiary/aromatic N) is 1. The van der Waals surface area contributed by atoms with Crippen LogP contribution >= 0.6 is 0 Å². The minimum absolute atomic E-state index is 0.133. The molecular weight excluding hydrogens is 386 g/mol. The molecule has 1 aromatic heterocycles. The van der Waals surface area contributed by atoms with Crippen molar-refractivity contribution in [3.8, 4) is 11.3 Å². The molecule has 0 aliphatic heterocycles. The van der Waals surface area contributed by atoms with Gasteiger partial charge >= 0.3 is 0 Å². The molecule has 0 bridgehead atoms. The highest BCUT2D eigenvalue weighted by molar-refractivity contribution is 6.13. The van der Waals surface area contributed by atoms with Crippen LogP contribution < -0.4 is 10.6 Å². The van der Waals surface area contributed by atoms with Crippen LogP contribution in [0.3, 0.4) is 0 Å². The van der Waals surface area contributed by atoms with Gasteiger partial charge in [-0.2, -0.15) is 0 Å². The third-order valence-electron chi connectivity index (χ3n) is 5.10. The predicted molar refractivity (Wildman–Crippen MR) is 125 cm³/mol. The van der Waals surface area contributed by atoms with E-state index in [0.29, 0.717) is 11.3 Å². The van der Waals surface area contributed by atoms with E-state index in [4.69, 9.17) is 4.98 Å². The minimum Gasteiger partial charge on any atom is -0.326 e. The fraction of sp³-hybridized carbons (Fsp3) is 0.115. The number of para-hydroxylation sites is 1. The normalized spacial score (nSPS) is 10.7. The highest BCUT2D eigenvalue weighted by Crippen LogP contribution is 2.27. The molecule has 0 spiro atoms. The highest BCUT2D eigenvalue weighted by atomic mass is 16.2. The number of aryl methyl sites for hydroxylation is 2. The van der Waals surface area contributed by atoms with E-state index in [1.54, 1.807) is 12.1 Å². The van der Waals surface area contributed by atoms with Crippen LogP contribution in [0.25, 0.3) is 22.2 Å². The van der Waals surface area contributed by atoms with E-state index in [1.807, 2.05) is 74.5 Å². The van der Waals surface area contributed by atoms with Crippen LogP contribution in [-0.4, -0.2) is 16.8 Å². The Morgan fingerprint density at radius 1 is 0.839 bits per heavy atom. The molecule has 1 heterocycles. The maximum Gasteiger partial charge on any atom is 0.256 e. The highest BCUT2D eigenvalue weighted by Gasteiger charge is 2.15. The van der Waals surface area contributed by atoms with E-state index in [1.165, 1.54) is 12.5 Å². The van der Waals surface area contributed by atoms with E-state index in [9.17, 15) is 9.59 Å². The van der Waals surface area contributed by atoms with Crippen molar-refractivity contribution >= 4 is 34.1 Å².